The van der Waals surface area contributed by atoms with Crippen molar-refractivity contribution in [3.8, 4) is 11.5 Å². The Kier molecular flexibility index (Phi) is 4.12. The summed E-state index contributed by atoms with van der Waals surface area (Å²) < 4.78 is 5.68. The second-order valence-corrected chi connectivity index (χ2v) is 4.99. The standard InChI is InChI=1S/C16H17N3O2/c20-16(12-5-8-18-11-12)19-13-1-3-14(4-2-13)21-15-6-9-17-10-7-15/h1-4,6-7,9-10,12,18H,5,8,11H2,(H,19,20). The fourth-order valence-corrected chi connectivity index (χ4v) is 2.27. The molecule has 1 aromatic carbocycles. The van der Waals surface area contributed by atoms with Gasteiger partial charge in [-0.25, -0.2) is 0 Å². The first-order valence-corrected chi connectivity index (χ1v) is 7.01. The van der Waals surface area contributed by atoms with Gasteiger partial charge in [0.05, 0.1) is 5.92 Å². The van der Waals surface area contributed by atoms with Gasteiger partial charge in [0.25, 0.3) is 0 Å². The molecule has 2 N–H and O–H groups in total. The van der Waals surface area contributed by atoms with Crippen molar-refractivity contribution in [3.63, 3.8) is 0 Å². The first-order valence-electron chi connectivity index (χ1n) is 7.01. The molecule has 1 aromatic heterocycles. The third-order valence-electron chi connectivity index (χ3n) is 3.44. The molecule has 2 heterocycles. The van der Waals surface area contributed by atoms with E-state index in [1.54, 1.807) is 24.5 Å². The lowest BCUT2D eigenvalue weighted by Gasteiger charge is -2.10. The van der Waals surface area contributed by atoms with E-state index in [0.29, 0.717) is 0 Å². The SMILES string of the molecule is O=C(Nc1ccc(Oc2ccncc2)cc1)C1CCNC1. The van der Waals surface area contributed by atoms with Crippen LogP contribution in [0.5, 0.6) is 11.5 Å². The Morgan fingerprint density at radius 3 is 2.52 bits per heavy atom. The number of nitrogens with one attached hydrogen (secondary N) is 2. The van der Waals surface area contributed by atoms with Gasteiger partial charge in [-0.15, -0.1) is 0 Å². The van der Waals surface area contributed by atoms with Crippen molar-refractivity contribution in [3.05, 3.63) is 48.8 Å². The van der Waals surface area contributed by atoms with Crippen molar-refractivity contribution in [1.29, 1.82) is 0 Å². The van der Waals surface area contributed by atoms with Crippen LogP contribution in [0, 0.1) is 5.92 Å². The summed E-state index contributed by atoms with van der Waals surface area (Å²) in [6, 6.07) is 10.9. The fourth-order valence-electron chi connectivity index (χ4n) is 2.27. The van der Waals surface area contributed by atoms with E-state index < -0.39 is 0 Å². The minimum absolute atomic E-state index is 0.0674. The van der Waals surface area contributed by atoms with E-state index >= 15 is 0 Å². The van der Waals surface area contributed by atoms with Crippen LogP contribution in [0.4, 0.5) is 5.69 Å². The third kappa shape index (κ3) is 3.58. The quantitative estimate of drug-likeness (QED) is 0.904. The summed E-state index contributed by atoms with van der Waals surface area (Å²) in [5.41, 5.74) is 0.786. The van der Waals surface area contributed by atoms with E-state index in [0.717, 1.165) is 36.7 Å². The molecule has 2 aromatic rings. The maximum Gasteiger partial charge on any atom is 0.228 e. The normalized spacial score (nSPS) is 17.4. The van der Waals surface area contributed by atoms with Crippen LogP contribution in [0.25, 0.3) is 0 Å². The Morgan fingerprint density at radius 1 is 1.14 bits per heavy atom. The molecule has 108 valence electrons. The minimum atomic E-state index is 0.0674. The molecule has 5 heteroatoms. The third-order valence-corrected chi connectivity index (χ3v) is 3.44. The molecule has 0 bridgehead atoms. The molecule has 0 saturated carbocycles. The summed E-state index contributed by atoms with van der Waals surface area (Å²) in [6.45, 7) is 1.67. The van der Waals surface area contributed by atoms with E-state index in [-0.39, 0.29) is 11.8 Å². The van der Waals surface area contributed by atoms with Crippen LogP contribution in [0.2, 0.25) is 0 Å². The summed E-state index contributed by atoms with van der Waals surface area (Å²) >= 11 is 0. The molecule has 1 aliphatic heterocycles. The van der Waals surface area contributed by atoms with E-state index in [9.17, 15) is 4.79 Å². The lowest BCUT2D eigenvalue weighted by atomic mass is 10.1. The van der Waals surface area contributed by atoms with Crippen LogP contribution >= 0.6 is 0 Å². The maximum absolute atomic E-state index is 12.0. The molecule has 0 radical (unpaired) electrons. The number of anilines is 1. The molecular weight excluding hydrogens is 266 g/mol. The van der Waals surface area contributed by atoms with Gasteiger partial charge in [0.15, 0.2) is 0 Å². The van der Waals surface area contributed by atoms with Gasteiger partial charge in [0.1, 0.15) is 11.5 Å². The summed E-state index contributed by atoms with van der Waals surface area (Å²) in [7, 11) is 0. The molecule has 1 atom stereocenters. The molecule has 1 unspecified atom stereocenters. The zero-order chi connectivity index (χ0) is 14.5. The fraction of sp³-hybridized carbons (Fsp3) is 0.250. The summed E-state index contributed by atoms with van der Waals surface area (Å²) in [5.74, 6) is 1.60. The van der Waals surface area contributed by atoms with Crippen molar-refractivity contribution >= 4 is 11.6 Å². The van der Waals surface area contributed by atoms with Crippen LogP contribution < -0.4 is 15.4 Å². The molecule has 3 rings (SSSR count). The van der Waals surface area contributed by atoms with Gasteiger partial charge in [-0.05, 0) is 49.4 Å². The first kappa shape index (κ1) is 13.6. The van der Waals surface area contributed by atoms with Gasteiger partial charge in [0, 0.05) is 24.6 Å². The predicted molar refractivity (Wildman–Crippen MR) is 80.4 cm³/mol. The Labute approximate surface area is 123 Å². The number of pyridine rings is 1. The molecule has 1 saturated heterocycles. The number of rotatable bonds is 4. The molecule has 1 aliphatic rings. The largest absolute Gasteiger partial charge is 0.457 e. The highest BCUT2D eigenvalue weighted by molar-refractivity contribution is 5.92. The van der Waals surface area contributed by atoms with Crippen molar-refractivity contribution in [2.75, 3.05) is 18.4 Å². The number of nitrogens with zero attached hydrogens (tertiary/aromatic N) is 1. The highest BCUT2D eigenvalue weighted by atomic mass is 16.5. The molecule has 1 amide bonds. The Bertz CT molecular complexity index is 593. The van der Waals surface area contributed by atoms with Crippen molar-refractivity contribution < 1.29 is 9.53 Å². The lowest BCUT2D eigenvalue weighted by Crippen LogP contribution is -2.24. The van der Waals surface area contributed by atoms with Gasteiger partial charge >= 0.3 is 0 Å². The topological polar surface area (TPSA) is 63.2 Å². The van der Waals surface area contributed by atoms with Crippen molar-refractivity contribution in [1.82, 2.24) is 10.3 Å². The van der Waals surface area contributed by atoms with Crippen LogP contribution in [-0.2, 0) is 4.79 Å². The van der Waals surface area contributed by atoms with Gasteiger partial charge in [-0.2, -0.15) is 0 Å². The predicted octanol–water partition coefficient (Wildman–Crippen LogP) is 2.42. The molecule has 21 heavy (non-hydrogen) atoms. The molecule has 5 nitrogen and oxygen atoms in total. The Hall–Kier alpha value is -2.40. The second kappa shape index (κ2) is 6.37. The number of hydrogen-bond acceptors (Lipinski definition) is 4. The van der Waals surface area contributed by atoms with Crippen LogP contribution in [-0.4, -0.2) is 24.0 Å². The van der Waals surface area contributed by atoms with Crippen LogP contribution in [0.15, 0.2) is 48.8 Å². The number of benzene rings is 1. The number of ether oxygens (including phenoxy) is 1. The van der Waals surface area contributed by atoms with E-state index in [1.807, 2.05) is 24.3 Å². The van der Waals surface area contributed by atoms with Gasteiger partial charge < -0.3 is 15.4 Å². The number of aromatic nitrogens is 1. The Morgan fingerprint density at radius 2 is 1.86 bits per heavy atom. The van der Waals surface area contributed by atoms with Gasteiger partial charge in [-0.3, -0.25) is 9.78 Å². The van der Waals surface area contributed by atoms with E-state index in [1.165, 1.54) is 0 Å². The maximum atomic E-state index is 12.0. The zero-order valence-electron chi connectivity index (χ0n) is 11.6. The lowest BCUT2D eigenvalue weighted by molar-refractivity contribution is -0.119. The first-order chi connectivity index (χ1) is 10.3. The average Bonchev–Trinajstić information content (AvgIpc) is 3.05. The number of hydrogen-bond donors (Lipinski definition) is 2. The number of carbonyl (C=O) groups excluding carboxylic acids is 1. The molecule has 0 aliphatic carbocycles. The molecular formula is C16H17N3O2. The molecule has 0 spiro atoms. The highest BCUT2D eigenvalue weighted by Crippen LogP contribution is 2.22. The van der Waals surface area contributed by atoms with Crippen LogP contribution in [0.3, 0.4) is 0 Å². The van der Waals surface area contributed by atoms with E-state index in [4.69, 9.17) is 4.74 Å². The average molecular weight is 283 g/mol. The summed E-state index contributed by atoms with van der Waals surface area (Å²) in [6.07, 6.45) is 4.26. The van der Waals surface area contributed by atoms with Crippen LogP contribution in [0.1, 0.15) is 6.42 Å². The molecule has 1 fully saturated rings. The van der Waals surface area contributed by atoms with Crippen molar-refractivity contribution in [2.24, 2.45) is 5.92 Å². The van der Waals surface area contributed by atoms with E-state index in [2.05, 4.69) is 15.6 Å². The van der Waals surface area contributed by atoms with Gasteiger partial charge in [0.2, 0.25) is 5.91 Å². The smallest absolute Gasteiger partial charge is 0.228 e. The highest BCUT2D eigenvalue weighted by Gasteiger charge is 2.22. The summed E-state index contributed by atoms with van der Waals surface area (Å²) in [4.78, 5) is 15.9. The second-order valence-electron chi connectivity index (χ2n) is 4.99. The van der Waals surface area contributed by atoms with Gasteiger partial charge in [-0.1, -0.05) is 0 Å². The number of carbonyl (C=O) groups is 1. The zero-order valence-corrected chi connectivity index (χ0v) is 11.6. The Balaban J connectivity index is 1.60. The minimum Gasteiger partial charge on any atom is -0.457 e. The summed E-state index contributed by atoms with van der Waals surface area (Å²) in [5, 5.41) is 6.12. The number of amides is 1. The van der Waals surface area contributed by atoms with Crippen molar-refractivity contribution in [2.45, 2.75) is 6.42 Å². The monoisotopic (exact) mass is 283 g/mol.